The topological polar surface area (TPSA) is 26.0 Å². The van der Waals surface area contributed by atoms with Gasteiger partial charge >= 0.3 is 0 Å². The predicted molar refractivity (Wildman–Crippen MR) is 99.9 cm³/mol. The summed E-state index contributed by atoms with van der Waals surface area (Å²) < 4.78 is 0. The predicted octanol–water partition coefficient (Wildman–Crippen LogP) is 6.17. The Morgan fingerprint density at radius 2 is 1.95 bits per heavy atom. The molecule has 0 aromatic rings. The molecule has 2 atom stereocenters. The molecule has 1 rings (SSSR count). The van der Waals surface area contributed by atoms with Gasteiger partial charge in [0.1, 0.15) is 0 Å². The SMILES string of the molecule is C=C(CCC(CN)/C(=C\C)CCC)C(C)C1=C(C)CCCC1. The maximum Gasteiger partial charge on any atom is -0.00114 e. The molecular weight excluding hydrogens is 266 g/mol. The van der Waals surface area contributed by atoms with Crippen LogP contribution < -0.4 is 5.73 Å². The van der Waals surface area contributed by atoms with Gasteiger partial charge in [0.2, 0.25) is 0 Å². The van der Waals surface area contributed by atoms with Gasteiger partial charge in [-0.05, 0) is 77.2 Å². The van der Waals surface area contributed by atoms with Gasteiger partial charge in [-0.15, -0.1) is 0 Å². The lowest BCUT2D eigenvalue weighted by Gasteiger charge is -2.26. The van der Waals surface area contributed by atoms with Gasteiger partial charge in [0.25, 0.3) is 0 Å². The van der Waals surface area contributed by atoms with Crippen LogP contribution in [-0.4, -0.2) is 6.54 Å². The van der Waals surface area contributed by atoms with E-state index in [0.29, 0.717) is 11.8 Å². The molecule has 1 nitrogen and oxygen atoms in total. The van der Waals surface area contributed by atoms with E-state index in [1.54, 1.807) is 16.7 Å². The first-order valence-electron chi connectivity index (χ1n) is 9.26. The third-order valence-electron chi connectivity index (χ3n) is 5.46. The monoisotopic (exact) mass is 303 g/mol. The van der Waals surface area contributed by atoms with Gasteiger partial charge in [0.05, 0.1) is 0 Å². The molecule has 0 fully saturated rings. The first kappa shape index (κ1) is 19.2. The smallest absolute Gasteiger partial charge is 0.00114 e. The van der Waals surface area contributed by atoms with E-state index < -0.39 is 0 Å². The lowest BCUT2D eigenvalue weighted by molar-refractivity contribution is 0.525. The largest absolute Gasteiger partial charge is 0.330 e. The minimum atomic E-state index is 0.537. The van der Waals surface area contributed by atoms with Crippen LogP contribution in [0.1, 0.15) is 79.1 Å². The second-order valence-electron chi connectivity index (χ2n) is 6.98. The van der Waals surface area contributed by atoms with Gasteiger partial charge in [-0.1, -0.05) is 55.2 Å². The molecule has 2 N–H and O–H groups in total. The molecule has 0 bridgehead atoms. The Bertz CT molecular complexity index is 414. The third kappa shape index (κ3) is 5.43. The van der Waals surface area contributed by atoms with Gasteiger partial charge in [0, 0.05) is 0 Å². The number of hydrogen-bond acceptors (Lipinski definition) is 1. The van der Waals surface area contributed by atoms with Crippen molar-refractivity contribution in [1.29, 1.82) is 0 Å². The molecule has 0 saturated heterocycles. The molecule has 0 heterocycles. The molecule has 1 heteroatoms. The normalized spacial score (nSPS) is 19.2. The van der Waals surface area contributed by atoms with Crippen molar-refractivity contribution in [2.45, 2.75) is 79.1 Å². The second kappa shape index (κ2) is 10.0. The van der Waals surface area contributed by atoms with Crippen molar-refractivity contribution in [1.82, 2.24) is 0 Å². The summed E-state index contributed by atoms with van der Waals surface area (Å²) in [7, 11) is 0. The van der Waals surface area contributed by atoms with Crippen LogP contribution in [0.3, 0.4) is 0 Å². The van der Waals surface area contributed by atoms with E-state index in [0.717, 1.165) is 19.4 Å². The fraction of sp³-hybridized carbons (Fsp3) is 0.714. The number of hydrogen-bond donors (Lipinski definition) is 1. The Labute approximate surface area is 138 Å². The summed E-state index contributed by atoms with van der Waals surface area (Å²) in [5, 5.41) is 0. The zero-order valence-electron chi connectivity index (χ0n) is 15.4. The molecule has 0 spiro atoms. The van der Waals surface area contributed by atoms with E-state index in [2.05, 4.69) is 40.3 Å². The molecule has 126 valence electrons. The zero-order valence-corrected chi connectivity index (χ0v) is 15.4. The van der Waals surface area contributed by atoms with E-state index in [4.69, 9.17) is 5.73 Å². The van der Waals surface area contributed by atoms with Crippen molar-refractivity contribution in [3.63, 3.8) is 0 Å². The van der Waals surface area contributed by atoms with Gasteiger partial charge < -0.3 is 5.73 Å². The van der Waals surface area contributed by atoms with Crippen molar-refractivity contribution in [2.75, 3.05) is 6.54 Å². The quantitative estimate of drug-likeness (QED) is 0.506. The minimum absolute atomic E-state index is 0.537. The van der Waals surface area contributed by atoms with E-state index in [-0.39, 0.29) is 0 Å². The van der Waals surface area contributed by atoms with Crippen LogP contribution in [0.15, 0.2) is 34.9 Å². The van der Waals surface area contributed by atoms with E-state index in [1.165, 1.54) is 44.1 Å². The summed E-state index contributed by atoms with van der Waals surface area (Å²) in [5.74, 6) is 1.09. The number of rotatable bonds is 9. The highest BCUT2D eigenvalue weighted by atomic mass is 14.5. The summed E-state index contributed by atoms with van der Waals surface area (Å²) in [6.45, 7) is 14.2. The van der Waals surface area contributed by atoms with Gasteiger partial charge in [-0.2, -0.15) is 0 Å². The zero-order chi connectivity index (χ0) is 16.5. The van der Waals surface area contributed by atoms with Crippen LogP contribution >= 0.6 is 0 Å². The molecule has 0 amide bonds. The van der Waals surface area contributed by atoms with Crippen LogP contribution in [0, 0.1) is 11.8 Å². The highest BCUT2D eigenvalue weighted by Gasteiger charge is 2.19. The van der Waals surface area contributed by atoms with E-state index in [9.17, 15) is 0 Å². The molecule has 0 radical (unpaired) electrons. The van der Waals surface area contributed by atoms with Crippen molar-refractivity contribution in [3.05, 3.63) is 34.9 Å². The van der Waals surface area contributed by atoms with Gasteiger partial charge in [-0.3, -0.25) is 0 Å². The van der Waals surface area contributed by atoms with Crippen LogP contribution in [-0.2, 0) is 0 Å². The Hall–Kier alpha value is -0.820. The van der Waals surface area contributed by atoms with Crippen molar-refractivity contribution in [2.24, 2.45) is 17.6 Å². The van der Waals surface area contributed by atoms with Crippen molar-refractivity contribution < 1.29 is 0 Å². The molecule has 1 aliphatic rings. The molecule has 0 aromatic carbocycles. The molecule has 0 saturated carbocycles. The third-order valence-corrected chi connectivity index (χ3v) is 5.46. The minimum Gasteiger partial charge on any atom is -0.330 e. The first-order chi connectivity index (χ1) is 10.5. The number of nitrogens with two attached hydrogens (primary N) is 1. The molecule has 0 aliphatic heterocycles. The summed E-state index contributed by atoms with van der Waals surface area (Å²) in [4.78, 5) is 0. The Kier molecular flexibility index (Phi) is 8.78. The van der Waals surface area contributed by atoms with Gasteiger partial charge in [-0.25, -0.2) is 0 Å². The van der Waals surface area contributed by atoms with Crippen LogP contribution in [0.2, 0.25) is 0 Å². The number of allylic oxidation sites excluding steroid dienone is 4. The fourth-order valence-corrected chi connectivity index (χ4v) is 3.82. The average molecular weight is 304 g/mol. The maximum atomic E-state index is 6.03. The molecule has 1 aliphatic carbocycles. The first-order valence-corrected chi connectivity index (χ1v) is 9.26. The van der Waals surface area contributed by atoms with Crippen LogP contribution in [0.25, 0.3) is 0 Å². The van der Waals surface area contributed by atoms with E-state index >= 15 is 0 Å². The van der Waals surface area contributed by atoms with Crippen LogP contribution in [0.5, 0.6) is 0 Å². The van der Waals surface area contributed by atoms with Crippen molar-refractivity contribution in [3.8, 4) is 0 Å². The second-order valence-corrected chi connectivity index (χ2v) is 6.98. The fourth-order valence-electron chi connectivity index (χ4n) is 3.82. The summed E-state index contributed by atoms with van der Waals surface area (Å²) in [5.41, 5.74) is 12.3. The molecule has 0 aromatic heterocycles. The Morgan fingerprint density at radius 1 is 1.27 bits per heavy atom. The standard InChI is InChI=1S/C21H37N/c1-6-10-19(7-2)20(15-22)14-13-16(3)18(5)21-12-9-8-11-17(21)4/h7,18,20H,3,6,8-15,22H2,1-2,4-5H3/b19-7-. The summed E-state index contributed by atoms with van der Waals surface area (Å²) in [6.07, 6.45) is 12.2. The van der Waals surface area contributed by atoms with Crippen LogP contribution in [0.4, 0.5) is 0 Å². The summed E-state index contributed by atoms with van der Waals surface area (Å²) >= 11 is 0. The van der Waals surface area contributed by atoms with Crippen molar-refractivity contribution >= 4 is 0 Å². The molecular formula is C21H37N. The van der Waals surface area contributed by atoms with E-state index in [1.807, 2.05) is 0 Å². The molecule has 2 unspecified atom stereocenters. The highest BCUT2D eigenvalue weighted by molar-refractivity contribution is 5.25. The average Bonchev–Trinajstić information content (AvgIpc) is 2.53. The molecule has 22 heavy (non-hydrogen) atoms. The lowest BCUT2D eigenvalue weighted by Crippen LogP contribution is -2.18. The Balaban J connectivity index is 2.60. The Morgan fingerprint density at radius 3 is 2.50 bits per heavy atom. The lowest BCUT2D eigenvalue weighted by atomic mass is 9.80. The maximum absolute atomic E-state index is 6.03. The van der Waals surface area contributed by atoms with Gasteiger partial charge in [0.15, 0.2) is 0 Å². The highest BCUT2D eigenvalue weighted by Crippen LogP contribution is 2.35. The summed E-state index contributed by atoms with van der Waals surface area (Å²) in [6, 6.07) is 0.